The molecule has 2 nitrogen and oxygen atoms in total. The first-order chi connectivity index (χ1) is 5.63. The zero-order valence-corrected chi connectivity index (χ0v) is 9.08. The number of esters is 1. The van der Waals surface area contributed by atoms with Crippen LogP contribution in [-0.2, 0) is 9.53 Å². The Hall–Kier alpha value is 0.200. The zero-order valence-electron chi connectivity index (χ0n) is 6.92. The van der Waals surface area contributed by atoms with Crippen molar-refractivity contribution in [1.82, 2.24) is 0 Å². The van der Waals surface area contributed by atoms with Gasteiger partial charge in [-0.15, -0.1) is 0 Å². The van der Waals surface area contributed by atoms with Crippen molar-refractivity contribution in [2.75, 3.05) is 0 Å². The van der Waals surface area contributed by atoms with E-state index in [1.807, 2.05) is 0 Å². The third kappa shape index (κ3) is 0.624. The monoisotopic (exact) mass is 278 g/mol. The summed E-state index contributed by atoms with van der Waals surface area (Å²) in [6.45, 7) is 2.09. The summed E-state index contributed by atoms with van der Waals surface area (Å²) in [7, 11) is 0. The predicted molar refractivity (Wildman–Crippen MR) is 52.0 cm³/mol. The molecule has 2 bridgehead atoms. The molecule has 1 aliphatic heterocycles. The van der Waals surface area contributed by atoms with Crippen LogP contribution in [0.4, 0.5) is 0 Å². The molecule has 0 N–H and O–H groups in total. The van der Waals surface area contributed by atoms with Gasteiger partial charge in [0, 0.05) is 5.92 Å². The van der Waals surface area contributed by atoms with Crippen molar-refractivity contribution in [3.05, 3.63) is 0 Å². The van der Waals surface area contributed by atoms with E-state index in [2.05, 4.69) is 29.5 Å². The Morgan fingerprint density at radius 3 is 3.00 bits per heavy atom. The third-order valence-corrected chi connectivity index (χ3v) is 5.66. The van der Waals surface area contributed by atoms with E-state index in [1.54, 1.807) is 0 Å². The minimum absolute atomic E-state index is 0.0687. The Balaban J connectivity index is 2.09. The van der Waals surface area contributed by atoms with Gasteiger partial charge in [0.2, 0.25) is 0 Å². The summed E-state index contributed by atoms with van der Waals surface area (Å²) in [6.07, 6.45) is 2.54. The van der Waals surface area contributed by atoms with Crippen LogP contribution in [0.15, 0.2) is 0 Å². The Bertz CT molecular complexity index is 265. The first kappa shape index (κ1) is 7.59. The van der Waals surface area contributed by atoms with Gasteiger partial charge >= 0.3 is 5.97 Å². The molecule has 0 aromatic heterocycles. The summed E-state index contributed by atoms with van der Waals surface area (Å²) in [6, 6.07) is 0. The minimum Gasteiger partial charge on any atom is -0.460 e. The number of alkyl halides is 1. The van der Waals surface area contributed by atoms with Gasteiger partial charge in [0.15, 0.2) is 0 Å². The first-order valence-corrected chi connectivity index (χ1v) is 5.72. The molecule has 0 aromatic carbocycles. The average Bonchev–Trinajstić information content (AvgIpc) is 2.53. The van der Waals surface area contributed by atoms with Gasteiger partial charge in [-0.25, -0.2) is 0 Å². The van der Waals surface area contributed by atoms with Crippen molar-refractivity contribution in [2.24, 2.45) is 17.3 Å². The van der Waals surface area contributed by atoms with Crippen LogP contribution in [0.25, 0.3) is 0 Å². The normalized spacial score (nSPS) is 61.0. The fourth-order valence-electron chi connectivity index (χ4n) is 3.24. The van der Waals surface area contributed by atoms with Gasteiger partial charge in [-0.1, -0.05) is 22.6 Å². The van der Waals surface area contributed by atoms with Crippen LogP contribution in [0.2, 0.25) is 0 Å². The second kappa shape index (κ2) is 1.99. The molecular formula is C9H11IO2. The lowest BCUT2D eigenvalue weighted by atomic mass is 9.76. The molecule has 1 heterocycles. The predicted octanol–water partition coefficient (Wildman–Crippen LogP) is 1.76. The minimum atomic E-state index is -0.100. The maximum Gasteiger partial charge on any atom is 0.312 e. The van der Waals surface area contributed by atoms with Crippen LogP contribution in [0.3, 0.4) is 0 Å². The number of rotatable bonds is 0. The summed E-state index contributed by atoms with van der Waals surface area (Å²) >= 11 is 2.45. The Morgan fingerprint density at radius 1 is 1.67 bits per heavy atom. The molecule has 3 fully saturated rings. The van der Waals surface area contributed by atoms with Gasteiger partial charge < -0.3 is 4.74 Å². The van der Waals surface area contributed by atoms with Crippen LogP contribution in [-0.4, -0.2) is 16.0 Å². The Kier molecular flexibility index (Phi) is 1.26. The fourth-order valence-corrected chi connectivity index (χ4v) is 4.43. The van der Waals surface area contributed by atoms with Crippen molar-refractivity contribution in [3.63, 3.8) is 0 Å². The second-order valence-electron chi connectivity index (χ2n) is 4.54. The lowest BCUT2D eigenvalue weighted by Gasteiger charge is -2.25. The number of halogens is 1. The van der Waals surface area contributed by atoms with Gasteiger partial charge in [-0.05, 0) is 25.7 Å². The van der Waals surface area contributed by atoms with Crippen molar-refractivity contribution in [1.29, 1.82) is 0 Å². The van der Waals surface area contributed by atoms with Crippen LogP contribution >= 0.6 is 22.6 Å². The molecule has 12 heavy (non-hydrogen) atoms. The van der Waals surface area contributed by atoms with E-state index in [0.29, 0.717) is 9.84 Å². The van der Waals surface area contributed by atoms with E-state index in [-0.39, 0.29) is 17.5 Å². The van der Waals surface area contributed by atoms with Crippen molar-refractivity contribution < 1.29 is 9.53 Å². The maximum atomic E-state index is 11.5. The van der Waals surface area contributed by atoms with Crippen molar-refractivity contribution >= 4 is 28.6 Å². The summed E-state index contributed by atoms with van der Waals surface area (Å²) in [5.74, 6) is 1.35. The molecule has 0 unspecified atom stereocenters. The standard InChI is InChI=1S/C9H11IO2/c1-9-3-4-2-5(9)7(6(4)10)12-8(9)11/h4-7H,2-3H2,1H3/t4-,5-,6-,7+,9+/m1/s1. The van der Waals surface area contributed by atoms with Gasteiger partial charge in [-0.2, -0.15) is 0 Å². The largest absolute Gasteiger partial charge is 0.460 e. The van der Waals surface area contributed by atoms with Gasteiger partial charge in [0.1, 0.15) is 6.10 Å². The molecule has 2 aliphatic carbocycles. The molecule has 66 valence electrons. The maximum absolute atomic E-state index is 11.5. The topological polar surface area (TPSA) is 26.3 Å². The highest BCUT2D eigenvalue weighted by Gasteiger charge is 2.67. The highest BCUT2D eigenvalue weighted by molar-refractivity contribution is 14.1. The number of ether oxygens (including phenoxy) is 1. The van der Waals surface area contributed by atoms with E-state index in [1.165, 1.54) is 6.42 Å². The van der Waals surface area contributed by atoms with Crippen molar-refractivity contribution in [2.45, 2.75) is 29.8 Å². The molecule has 0 amide bonds. The van der Waals surface area contributed by atoms with Crippen LogP contribution < -0.4 is 0 Å². The average molecular weight is 278 g/mol. The molecule has 5 atom stereocenters. The summed E-state index contributed by atoms with van der Waals surface area (Å²) in [5, 5.41) is 0. The molecule has 0 aromatic rings. The molecule has 3 heteroatoms. The Morgan fingerprint density at radius 2 is 2.42 bits per heavy atom. The number of hydrogen-bond acceptors (Lipinski definition) is 2. The summed E-state index contributed by atoms with van der Waals surface area (Å²) in [4.78, 5) is 11.5. The van der Waals surface area contributed by atoms with Crippen LogP contribution in [0, 0.1) is 17.3 Å². The third-order valence-electron chi connectivity index (χ3n) is 3.93. The molecule has 3 aliphatic rings. The molecule has 3 rings (SSSR count). The number of hydrogen-bond donors (Lipinski definition) is 0. The summed E-state index contributed by atoms with van der Waals surface area (Å²) in [5.41, 5.74) is -0.100. The van der Waals surface area contributed by atoms with E-state index in [4.69, 9.17) is 4.74 Å². The Labute approximate surface area is 85.2 Å². The first-order valence-electron chi connectivity index (χ1n) is 4.48. The second-order valence-corrected chi connectivity index (χ2v) is 5.98. The van der Waals surface area contributed by atoms with E-state index in [9.17, 15) is 4.79 Å². The molecule has 0 spiro atoms. The van der Waals surface area contributed by atoms with Gasteiger partial charge in [0.25, 0.3) is 0 Å². The number of fused-ring (bicyclic) bond motifs is 1. The quantitative estimate of drug-likeness (QED) is 0.383. The molecule has 0 radical (unpaired) electrons. The highest BCUT2D eigenvalue weighted by atomic mass is 127. The number of carbonyl (C=O) groups excluding carboxylic acids is 1. The highest BCUT2D eigenvalue weighted by Crippen LogP contribution is 2.63. The molecule has 1 saturated heterocycles. The van der Waals surface area contributed by atoms with Crippen LogP contribution in [0.5, 0.6) is 0 Å². The van der Waals surface area contributed by atoms with Gasteiger partial charge in [-0.3, -0.25) is 4.79 Å². The fraction of sp³-hybridized carbons (Fsp3) is 0.889. The van der Waals surface area contributed by atoms with Crippen molar-refractivity contribution in [3.8, 4) is 0 Å². The van der Waals surface area contributed by atoms with E-state index >= 15 is 0 Å². The van der Waals surface area contributed by atoms with Gasteiger partial charge in [0.05, 0.1) is 9.34 Å². The smallest absolute Gasteiger partial charge is 0.312 e. The SMILES string of the molecule is C[C@]12C[C@H]3C[C@@H]1[C@H](OC2=O)[C@@H]3I. The molecular weight excluding hydrogens is 267 g/mol. The van der Waals surface area contributed by atoms with Crippen LogP contribution in [0.1, 0.15) is 19.8 Å². The number of carbonyl (C=O) groups is 1. The molecule has 2 saturated carbocycles. The summed E-state index contributed by atoms with van der Waals surface area (Å²) < 4.78 is 6.00. The lowest BCUT2D eigenvalue weighted by Crippen LogP contribution is -2.33. The zero-order chi connectivity index (χ0) is 8.51. The van der Waals surface area contributed by atoms with E-state index < -0.39 is 0 Å². The lowest BCUT2D eigenvalue weighted by molar-refractivity contribution is -0.147. The van der Waals surface area contributed by atoms with E-state index in [0.717, 1.165) is 12.3 Å².